The van der Waals surface area contributed by atoms with Gasteiger partial charge in [0, 0.05) is 20.1 Å². The molecular formula is C10H17N3O2. The van der Waals surface area contributed by atoms with E-state index in [1.807, 2.05) is 14.0 Å². The standard InChI is InChI=1S/C10H17N3O2/c1-10(4-3-5-15-10)8(14)6-9-11-7-12-13(9)2/h7-8,14H,3-6H2,1-2H3. The molecule has 5 nitrogen and oxygen atoms in total. The zero-order chi connectivity index (χ0) is 10.9. The second-order valence-corrected chi connectivity index (χ2v) is 4.28. The summed E-state index contributed by atoms with van der Waals surface area (Å²) in [7, 11) is 1.83. The van der Waals surface area contributed by atoms with Crippen LogP contribution in [0, 0.1) is 0 Å². The van der Waals surface area contributed by atoms with Crippen LogP contribution in [0.25, 0.3) is 0 Å². The molecule has 0 bridgehead atoms. The van der Waals surface area contributed by atoms with E-state index in [-0.39, 0.29) is 0 Å². The molecule has 0 saturated carbocycles. The van der Waals surface area contributed by atoms with Crippen molar-refractivity contribution in [3.63, 3.8) is 0 Å². The van der Waals surface area contributed by atoms with Crippen LogP contribution >= 0.6 is 0 Å². The van der Waals surface area contributed by atoms with Crippen LogP contribution in [0.15, 0.2) is 6.33 Å². The molecule has 1 aromatic rings. The summed E-state index contributed by atoms with van der Waals surface area (Å²) < 4.78 is 7.27. The first-order chi connectivity index (χ1) is 7.12. The minimum absolute atomic E-state index is 0.411. The van der Waals surface area contributed by atoms with E-state index in [0.29, 0.717) is 6.42 Å². The molecule has 2 atom stereocenters. The molecule has 2 rings (SSSR count). The fourth-order valence-electron chi connectivity index (χ4n) is 1.96. The van der Waals surface area contributed by atoms with E-state index in [1.54, 1.807) is 4.68 Å². The third kappa shape index (κ3) is 2.03. The van der Waals surface area contributed by atoms with E-state index in [9.17, 15) is 5.11 Å². The Morgan fingerprint density at radius 1 is 1.73 bits per heavy atom. The highest BCUT2D eigenvalue weighted by Gasteiger charge is 2.37. The second-order valence-electron chi connectivity index (χ2n) is 4.28. The fraction of sp³-hybridized carbons (Fsp3) is 0.800. The average Bonchev–Trinajstić information content (AvgIpc) is 2.78. The van der Waals surface area contributed by atoms with Crippen LogP contribution in [0.1, 0.15) is 25.6 Å². The van der Waals surface area contributed by atoms with Gasteiger partial charge in [0.2, 0.25) is 0 Å². The molecule has 1 aromatic heterocycles. The van der Waals surface area contributed by atoms with Crippen molar-refractivity contribution < 1.29 is 9.84 Å². The number of aryl methyl sites for hydroxylation is 1. The lowest BCUT2D eigenvalue weighted by atomic mass is 9.93. The highest BCUT2D eigenvalue weighted by Crippen LogP contribution is 2.29. The molecule has 0 aliphatic carbocycles. The predicted octanol–water partition coefficient (Wildman–Crippen LogP) is 0.288. The average molecular weight is 211 g/mol. The zero-order valence-electron chi connectivity index (χ0n) is 9.18. The minimum Gasteiger partial charge on any atom is -0.390 e. The van der Waals surface area contributed by atoms with Crippen molar-refractivity contribution in [1.82, 2.24) is 14.8 Å². The highest BCUT2D eigenvalue weighted by atomic mass is 16.5. The van der Waals surface area contributed by atoms with E-state index >= 15 is 0 Å². The van der Waals surface area contributed by atoms with Gasteiger partial charge in [0.05, 0.1) is 11.7 Å². The molecule has 0 amide bonds. The van der Waals surface area contributed by atoms with Crippen LogP contribution in [-0.2, 0) is 18.2 Å². The lowest BCUT2D eigenvalue weighted by Gasteiger charge is -2.28. The molecule has 1 saturated heterocycles. The summed E-state index contributed by atoms with van der Waals surface area (Å²) >= 11 is 0. The summed E-state index contributed by atoms with van der Waals surface area (Å²) in [5.74, 6) is 0.791. The van der Waals surface area contributed by atoms with Crippen molar-refractivity contribution >= 4 is 0 Å². The SMILES string of the molecule is Cn1ncnc1CC(O)C1(C)CCCO1. The van der Waals surface area contributed by atoms with Gasteiger partial charge in [-0.1, -0.05) is 0 Å². The molecule has 1 N–H and O–H groups in total. The Morgan fingerprint density at radius 3 is 3.07 bits per heavy atom. The predicted molar refractivity (Wildman–Crippen MR) is 54.3 cm³/mol. The summed E-state index contributed by atoms with van der Waals surface area (Å²) in [5.41, 5.74) is -0.411. The normalized spacial score (nSPS) is 28.2. The van der Waals surface area contributed by atoms with Gasteiger partial charge in [-0.25, -0.2) is 4.98 Å². The molecule has 1 aliphatic heterocycles. The number of aromatic nitrogens is 3. The number of hydrogen-bond acceptors (Lipinski definition) is 4. The topological polar surface area (TPSA) is 60.2 Å². The molecule has 15 heavy (non-hydrogen) atoms. The van der Waals surface area contributed by atoms with E-state index in [4.69, 9.17) is 4.74 Å². The first kappa shape index (κ1) is 10.6. The summed E-state index contributed by atoms with van der Waals surface area (Å²) in [6.45, 7) is 2.70. The Kier molecular flexibility index (Phi) is 2.75. The number of nitrogens with zero attached hydrogens (tertiary/aromatic N) is 3. The van der Waals surface area contributed by atoms with Crippen molar-refractivity contribution in [3.05, 3.63) is 12.2 Å². The number of rotatable bonds is 3. The van der Waals surface area contributed by atoms with Crippen LogP contribution in [-0.4, -0.2) is 38.2 Å². The van der Waals surface area contributed by atoms with E-state index in [1.165, 1.54) is 6.33 Å². The largest absolute Gasteiger partial charge is 0.390 e. The quantitative estimate of drug-likeness (QED) is 0.780. The smallest absolute Gasteiger partial charge is 0.138 e. The molecule has 2 heterocycles. The first-order valence-electron chi connectivity index (χ1n) is 5.27. The first-order valence-corrected chi connectivity index (χ1v) is 5.27. The number of ether oxygens (including phenoxy) is 1. The van der Waals surface area contributed by atoms with Crippen molar-refractivity contribution in [3.8, 4) is 0 Å². The summed E-state index contributed by atoms with van der Waals surface area (Å²) in [4.78, 5) is 4.09. The summed E-state index contributed by atoms with van der Waals surface area (Å²) in [6, 6.07) is 0. The van der Waals surface area contributed by atoms with Crippen LogP contribution in [0.4, 0.5) is 0 Å². The lowest BCUT2D eigenvalue weighted by molar-refractivity contribution is -0.0777. The van der Waals surface area contributed by atoms with Gasteiger partial charge in [0.15, 0.2) is 0 Å². The monoisotopic (exact) mass is 211 g/mol. The third-order valence-electron chi connectivity index (χ3n) is 3.14. The molecule has 2 unspecified atom stereocenters. The van der Waals surface area contributed by atoms with E-state index in [0.717, 1.165) is 25.3 Å². The van der Waals surface area contributed by atoms with Gasteiger partial charge in [0.1, 0.15) is 12.2 Å². The minimum atomic E-state index is -0.511. The van der Waals surface area contributed by atoms with Crippen LogP contribution in [0.2, 0.25) is 0 Å². The van der Waals surface area contributed by atoms with Crippen molar-refractivity contribution in [2.75, 3.05) is 6.61 Å². The van der Waals surface area contributed by atoms with Crippen LogP contribution < -0.4 is 0 Å². The fourth-order valence-corrected chi connectivity index (χ4v) is 1.96. The van der Waals surface area contributed by atoms with Crippen LogP contribution in [0.3, 0.4) is 0 Å². The maximum absolute atomic E-state index is 10.1. The van der Waals surface area contributed by atoms with Crippen molar-refractivity contribution in [2.24, 2.45) is 7.05 Å². The Balaban J connectivity index is 2.03. The summed E-state index contributed by atoms with van der Waals surface area (Å²) in [6.07, 6.45) is 3.41. The molecule has 1 fully saturated rings. The van der Waals surface area contributed by atoms with Crippen LogP contribution in [0.5, 0.6) is 0 Å². The molecule has 0 radical (unpaired) electrons. The molecule has 84 valence electrons. The molecule has 5 heteroatoms. The number of aliphatic hydroxyl groups excluding tert-OH is 1. The van der Waals surface area contributed by atoms with E-state index < -0.39 is 11.7 Å². The van der Waals surface area contributed by atoms with Gasteiger partial charge >= 0.3 is 0 Å². The Bertz CT molecular complexity index is 331. The lowest BCUT2D eigenvalue weighted by Crippen LogP contribution is -2.40. The third-order valence-corrected chi connectivity index (χ3v) is 3.14. The van der Waals surface area contributed by atoms with E-state index in [2.05, 4.69) is 10.1 Å². The van der Waals surface area contributed by atoms with Crippen molar-refractivity contribution in [1.29, 1.82) is 0 Å². The summed E-state index contributed by atoms with van der Waals surface area (Å²) in [5, 5.41) is 14.1. The molecule has 0 aromatic carbocycles. The number of aliphatic hydroxyl groups is 1. The molecule has 0 spiro atoms. The van der Waals surface area contributed by atoms with Crippen molar-refractivity contribution in [2.45, 2.75) is 37.9 Å². The van der Waals surface area contributed by atoms with Gasteiger partial charge in [-0.05, 0) is 19.8 Å². The molecular weight excluding hydrogens is 194 g/mol. The van der Waals surface area contributed by atoms with Gasteiger partial charge in [-0.3, -0.25) is 4.68 Å². The van der Waals surface area contributed by atoms with Gasteiger partial charge < -0.3 is 9.84 Å². The van der Waals surface area contributed by atoms with Gasteiger partial charge in [-0.2, -0.15) is 5.10 Å². The second kappa shape index (κ2) is 3.90. The van der Waals surface area contributed by atoms with Gasteiger partial charge in [-0.15, -0.1) is 0 Å². The Hall–Kier alpha value is -0.940. The maximum atomic E-state index is 10.1. The Morgan fingerprint density at radius 2 is 2.53 bits per heavy atom. The van der Waals surface area contributed by atoms with Gasteiger partial charge in [0.25, 0.3) is 0 Å². The number of hydrogen-bond donors (Lipinski definition) is 1. The molecule has 1 aliphatic rings. The Labute approximate surface area is 89.1 Å². The highest BCUT2D eigenvalue weighted by molar-refractivity contribution is 4.95. The maximum Gasteiger partial charge on any atom is 0.138 e. The zero-order valence-corrected chi connectivity index (χ0v) is 9.18.